The maximum atomic E-state index is 12.4. The van der Waals surface area contributed by atoms with E-state index in [-0.39, 0.29) is 23.6 Å². The average molecular weight is 374 g/mol. The molecule has 0 aromatic heterocycles. The van der Waals surface area contributed by atoms with Crippen LogP contribution in [0, 0.1) is 5.92 Å². The zero-order valence-corrected chi connectivity index (χ0v) is 15.6. The topological polar surface area (TPSA) is 94.1 Å². The fraction of sp³-hybridized carbons (Fsp3) is 0.529. The van der Waals surface area contributed by atoms with E-state index < -0.39 is 17.9 Å². The maximum absolute atomic E-state index is 12.4. The molecule has 0 aliphatic heterocycles. The van der Waals surface area contributed by atoms with Crippen LogP contribution in [0.3, 0.4) is 0 Å². The summed E-state index contributed by atoms with van der Waals surface area (Å²) in [5.74, 6) is -0.758. The first kappa shape index (κ1) is 21.1. The van der Waals surface area contributed by atoms with E-state index in [1.165, 1.54) is 26.4 Å². The second-order valence-corrected chi connectivity index (χ2v) is 6.25. The number of amides is 1. The molecule has 0 aliphatic rings. The van der Waals surface area contributed by atoms with Crippen molar-refractivity contribution in [3.63, 3.8) is 0 Å². The molecule has 140 valence electrons. The molecule has 0 aliphatic carbocycles. The van der Waals surface area contributed by atoms with Gasteiger partial charge in [0.15, 0.2) is 11.5 Å². The number of carbonyl (C=O) groups is 2. The van der Waals surface area contributed by atoms with Crippen molar-refractivity contribution >= 4 is 23.5 Å². The van der Waals surface area contributed by atoms with Gasteiger partial charge in [0.2, 0.25) is 0 Å². The van der Waals surface area contributed by atoms with Crippen LogP contribution in [-0.4, -0.2) is 50.5 Å². The number of hydrogen-bond donors (Lipinski definition) is 2. The number of carboxylic acids is 1. The molecule has 0 saturated carbocycles. The summed E-state index contributed by atoms with van der Waals surface area (Å²) in [7, 11) is 2.90. The Balaban J connectivity index is 2.98. The fourth-order valence-electron chi connectivity index (χ4n) is 1.98. The van der Waals surface area contributed by atoms with Gasteiger partial charge in [-0.1, -0.05) is 25.4 Å². The Hall–Kier alpha value is -1.99. The molecule has 1 unspecified atom stereocenters. The third-order valence-corrected chi connectivity index (χ3v) is 3.55. The first-order chi connectivity index (χ1) is 11.8. The normalized spacial score (nSPS) is 11.9. The van der Waals surface area contributed by atoms with Crippen molar-refractivity contribution in [1.29, 1.82) is 0 Å². The van der Waals surface area contributed by atoms with Crippen molar-refractivity contribution < 1.29 is 28.9 Å². The molecule has 0 heterocycles. The lowest BCUT2D eigenvalue weighted by molar-refractivity contribution is -0.139. The van der Waals surface area contributed by atoms with Crippen LogP contribution in [0.1, 0.15) is 30.6 Å². The molecule has 0 bridgehead atoms. The Morgan fingerprint density at radius 1 is 1.28 bits per heavy atom. The third kappa shape index (κ3) is 6.43. The summed E-state index contributed by atoms with van der Waals surface area (Å²) >= 11 is 6.20. The van der Waals surface area contributed by atoms with Crippen LogP contribution in [-0.2, 0) is 9.53 Å². The van der Waals surface area contributed by atoms with Crippen molar-refractivity contribution in [2.75, 3.05) is 27.4 Å². The van der Waals surface area contributed by atoms with E-state index in [4.69, 9.17) is 25.8 Å². The number of methoxy groups -OCH3 is 2. The predicted octanol–water partition coefficient (Wildman–Crippen LogP) is 2.60. The number of hydrogen-bond acceptors (Lipinski definition) is 5. The Morgan fingerprint density at radius 2 is 1.96 bits per heavy atom. The van der Waals surface area contributed by atoms with Gasteiger partial charge in [0.05, 0.1) is 18.7 Å². The lowest BCUT2D eigenvalue weighted by atomic mass is 10.1. The Morgan fingerprint density at radius 3 is 2.48 bits per heavy atom. The van der Waals surface area contributed by atoms with Gasteiger partial charge in [-0.3, -0.25) is 4.79 Å². The van der Waals surface area contributed by atoms with Gasteiger partial charge in [0.25, 0.3) is 5.91 Å². The number of carboxylic acid groups (broad SMARTS) is 1. The fourth-order valence-corrected chi connectivity index (χ4v) is 2.24. The van der Waals surface area contributed by atoms with Crippen molar-refractivity contribution in [2.24, 2.45) is 5.92 Å². The highest BCUT2D eigenvalue weighted by Crippen LogP contribution is 2.36. The minimum Gasteiger partial charge on any atom is -0.493 e. The lowest BCUT2D eigenvalue weighted by Gasteiger charge is -2.17. The molecule has 1 atom stereocenters. The number of halogens is 1. The summed E-state index contributed by atoms with van der Waals surface area (Å²) in [5.41, 5.74) is 0.183. The molecule has 0 saturated heterocycles. The van der Waals surface area contributed by atoms with Crippen LogP contribution in [0.4, 0.5) is 0 Å². The van der Waals surface area contributed by atoms with E-state index in [0.29, 0.717) is 24.0 Å². The molecule has 0 spiro atoms. The van der Waals surface area contributed by atoms with Crippen LogP contribution in [0.2, 0.25) is 5.02 Å². The number of ether oxygens (including phenoxy) is 3. The lowest BCUT2D eigenvalue weighted by Crippen LogP contribution is -2.41. The number of rotatable bonds is 10. The molecule has 2 N–H and O–H groups in total. The Kier molecular flexibility index (Phi) is 8.51. The van der Waals surface area contributed by atoms with Crippen LogP contribution in [0.15, 0.2) is 12.1 Å². The van der Waals surface area contributed by atoms with E-state index in [0.717, 1.165) is 0 Å². The molecule has 0 fully saturated rings. The largest absolute Gasteiger partial charge is 0.493 e. The summed E-state index contributed by atoms with van der Waals surface area (Å²) in [6, 6.07) is 1.82. The molecule has 8 heteroatoms. The van der Waals surface area contributed by atoms with E-state index in [1.807, 2.05) is 13.8 Å². The van der Waals surface area contributed by atoms with Crippen LogP contribution in [0.25, 0.3) is 0 Å². The number of benzene rings is 1. The smallest absolute Gasteiger partial charge is 0.326 e. The number of nitrogens with one attached hydrogen (secondary N) is 1. The van der Waals surface area contributed by atoms with E-state index in [2.05, 4.69) is 5.32 Å². The van der Waals surface area contributed by atoms with Gasteiger partial charge in [-0.15, -0.1) is 0 Å². The number of aliphatic carboxylic acids is 1. The molecule has 1 amide bonds. The van der Waals surface area contributed by atoms with Crippen LogP contribution >= 0.6 is 11.6 Å². The molecular weight excluding hydrogens is 350 g/mol. The molecule has 1 aromatic carbocycles. The van der Waals surface area contributed by atoms with E-state index in [9.17, 15) is 14.7 Å². The van der Waals surface area contributed by atoms with Gasteiger partial charge < -0.3 is 24.6 Å². The average Bonchev–Trinajstić information content (AvgIpc) is 2.55. The minimum atomic E-state index is -1.14. The Bertz CT molecular complexity index is 605. The summed E-state index contributed by atoms with van der Waals surface area (Å²) in [4.78, 5) is 23.6. The highest BCUT2D eigenvalue weighted by molar-refractivity contribution is 6.32. The SMILES string of the molecule is COCCC(NC(=O)c1cc(Cl)c(OCC(C)C)c(OC)c1)C(=O)O. The second-order valence-electron chi connectivity index (χ2n) is 5.84. The Labute approximate surface area is 152 Å². The summed E-state index contributed by atoms with van der Waals surface area (Å²) < 4.78 is 15.7. The van der Waals surface area contributed by atoms with Crippen molar-refractivity contribution in [3.8, 4) is 11.5 Å². The van der Waals surface area contributed by atoms with E-state index >= 15 is 0 Å². The number of carbonyl (C=O) groups excluding carboxylic acids is 1. The van der Waals surface area contributed by atoms with Gasteiger partial charge in [-0.05, 0) is 18.1 Å². The highest BCUT2D eigenvalue weighted by Gasteiger charge is 2.22. The van der Waals surface area contributed by atoms with Gasteiger partial charge in [0.1, 0.15) is 6.04 Å². The van der Waals surface area contributed by atoms with Crippen molar-refractivity contribution in [2.45, 2.75) is 26.3 Å². The van der Waals surface area contributed by atoms with Crippen LogP contribution in [0.5, 0.6) is 11.5 Å². The monoisotopic (exact) mass is 373 g/mol. The quantitative estimate of drug-likeness (QED) is 0.654. The zero-order valence-electron chi connectivity index (χ0n) is 14.8. The standard InChI is InChI=1S/C17H24ClNO6/c1-10(2)9-25-15-12(18)7-11(8-14(15)24-4)16(20)19-13(17(21)22)5-6-23-3/h7-8,10,13H,5-6,9H2,1-4H3,(H,19,20)(H,21,22). The summed E-state index contributed by atoms with van der Waals surface area (Å²) in [5, 5.41) is 11.8. The van der Waals surface area contributed by atoms with Gasteiger partial charge >= 0.3 is 5.97 Å². The maximum Gasteiger partial charge on any atom is 0.326 e. The zero-order chi connectivity index (χ0) is 19.0. The molecule has 7 nitrogen and oxygen atoms in total. The highest BCUT2D eigenvalue weighted by atomic mass is 35.5. The van der Waals surface area contributed by atoms with Gasteiger partial charge in [-0.2, -0.15) is 0 Å². The first-order valence-corrected chi connectivity index (χ1v) is 8.20. The molecule has 25 heavy (non-hydrogen) atoms. The molecule has 1 aromatic rings. The summed E-state index contributed by atoms with van der Waals surface area (Å²) in [6.07, 6.45) is 0.151. The third-order valence-electron chi connectivity index (χ3n) is 3.27. The second kappa shape index (κ2) is 10.1. The van der Waals surface area contributed by atoms with Gasteiger partial charge in [-0.25, -0.2) is 4.79 Å². The van der Waals surface area contributed by atoms with Crippen molar-refractivity contribution in [1.82, 2.24) is 5.32 Å². The molecule has 0 radical (unpaired) electrons. The minimum absolute atomic E-state index is 0.151. The van der Waals surface area contributed by atoms with Crippen molar-refractivity contribution in [3.05, 3.63) is 22.7 Å². The first-order valence-electron chi connectivity index (χ1n) is 7.83. The molecular formula is C17H24ClNO6. The van der Waals surface area contributed by atoms with Crippen LogP contribution < -0.4 is 14.8 Å². The van der Waals surface area contributed by atoms with Gasteiger partial charge in [0, 0.05) is 25.7 Å². The van der Waals surface area contributed by atoms with E-state index in [1.54, 1.807) is 0 Å². The summed E-state index contributed by atoms with van der Waals surface area (Å²) in [6.45, 7) is 4.64. The molecule has 1 rings (SSSR count). The predicted molar refractivity (Wildman–Crippen MR) is 93.7 cm³/mol.